The van der Waals surface area contributed by atoms with Gasteiger partial charge >= 0.3 is 0 Å². The average Bonchev–Trinajstić information content (AvgIpc) is 2.08. The third-order valence-corrected chi connectivity index (χ3v) is 1.13. The van der Waals surface area contributed by atoms with Crippen LogP contribution in [0.15, 0.2) is 10.8 Å². The van der Waals surface area contributed by atoms with Crippen LogP contribution in [0.2, 0.25) is 0 Å². The molecule has 1 aromatic rings. The summed E-state index contributed by atoms with van der Waals surface area (Å²) in [5.74, 6) is 0. The van der Waals surface area contributed by atoms with E-state index in [2.05, 4.69) is 35.7 Å². The first-order chi connectivity index (χ1) is 4.11. The van der Waals surface area contributed by atoms with Crippen LogP contribution in [-0.4, -0.2) is 10.4 Å². The van der Waals surface area contributed by atoms with Crippen molar-refractivity contribution in [3.63, 3.8) is 0 Å². The normalized spacial score (nSPS) is 11.9. The second-order valence-electron chi connectivity index (χ2n) is 3.04. The summed E-state index contributed by atoms with van der Waals surface area (Å²) in [7, 11) is 0. The van der Waals surface area contributed by atoms with Gasteiger partial charge < -0.3 is 4.52 Å². The van der Waals surface area contributed by atoms with E-state index >= 15 is 0 Å². The fourth-order valence-corrected chi connectivity index (χ4v) is 0.491. The predicted octanol–water partition coefficient (Wildman–Crippen LogP) is 1.37. The Hall–Kier alpha value is -0.860. The maximum atomic E-state index is 4.58. The Morgan fingerprint density at radius 2 is 2.11 bits per heavy atom. The zero-order chi connectivity index (χ0) is 6.91. The first-order valence-corrected chi connectivity index (χ1v) is 2.88. The van der Waals surface area contributed by atoms with Crippen molar-refractivity contribution in [1.82, 2.24) is 10.4 Å². The molecule has 3 nitrogen and oxygen atoms in total. The highest BCUT2D eigenvalue weighted by Crippen LogP contribution is 2.17. The zero-order valence-electron chi connectivity index (χ0n) is 5.88. The maximum absolute atomic E-state index is 4.58. The summed E-state index contributed by atoms with van der Waals surface area (Å²) in [6.07, 6.45) is 1.57. The Kier molecular flexibility index (Phi) is 1.27. The molecule has 0 radical (unpaired) electrons. The number of rotatable bonds is 0. The van der Waals surface area contributed by atoms with Crippen molar-refractivity contribution in [2.75, 3.05) is 0 Å². The summed E-state index contributed by atoms with van der Waals surface area (Å²) in [4.78, 5) is 0. The molecule has 0 N–H and O–H groups in total. The van der Waals surface area contributed by atoms with Crippen LogP contribution in [-0.2, 0) is 5.41 Å². The van der Waals surface area contributed by atoms with Gasteiger partial charge in [0.25, 0.3) is 0 Å². The van der Waals surface area contributed by atoms with E-state index in [1.54, 1.807) is 6.26 Å². The summed E-state index contributed by atoms with van der Waals surface area (Å²) in [6, 6.07) is 0. The molecule has 0 amide bonds. The first kappa shape index (κ1) is 6.26. The van der Waals surface area contributed by atoms with E-state index in [4.69, 9.17) is 0 Å². The molecule has 0 saturated carbocycles. The molecule has 0 spiro atoms. The third kappa shape index (κ3) is 1.28. The Morgan fingerprint density at radius 3 is 2.33 bits per heavy atom. The Balaban J connectivity index is 2.90. The molecule has 0 fully saturated rings. The maximum Gasteiger partial charge on any atom is 0.148 e. The number of nitrogens with zero attached hydrogens (tertiary/aromatic N) is 2. The Labute approximate surface area is 54.0 Å². The summed E-state index contributed by atoms with van der Waals surface area (Å²) >= 11 is 0. The van der Waals surface area contributed by atoms with Crippen LogP contribution in [0.4, 0.5) is 0 Å². The molecule has 0 atom stereocenters. The van der Waals surface area contributed by atoms with Crippen LogP contribution in [0, 0.1) is 0 Å². The average molecular weight is 126 g/mol. The summed E-state index contributed by atoms with van der Waals surface area (Å²) in [6.45, 7) is 6.19. The minimum atomic E-state index is 0.0556. The second-order valence-corrected chi connectivity index (χ2v) is 3.04. The first-order valence-electron chi connectivity index (χ1n) is 2.88. The highest BCUT2D eigenvalue weighted by Gasteiger charge is 2.16. The Bertz CT molecular complexity index is 173. The molecule has 0 bridgehead atoms. The molecule has 0 saturated heterocycles. The molecule has 0 unspecified atom stereocenters. The van der Waals surface area contributed by atoms with Crippen molar-refractivity contribution in [3.05, 3.63) is 12.0 Å². The summed E-state index contributed by atoms with van der Waals surface area (Å²) < 4.78 is 4.58. The zero-order valence-corrected chi connectivity index (χ0v) is 5.88. The standard InChI is InChI=1S/C6H10N2O/c1-6(2,3)5-4-9-8-7-5/h4H,1-3H3. The van der Waals surface area contributed by atoms with Gasteiger partial charge in [-0.05, 0) is 0 Å². The number of hydrogen-bond acceptors (Lipinski definition) is 3. The van der Waals surface area contributed by atoms with E-state index in [9.17, 15) is 0 Å². The molecule has 3 heteroatoms. The fourth-order valence-electron chi connectivity index (χ4n) is 0.491. The molecular formula is C6H10N2O. The quantitative estimate of drug-likeness (QED) is 0.527. The molecule has 0 aliphatic heterocycles. The largest absolute Gasteiger partial charge is 0.345 e. The van der Waals surface area contributed by atoms with Gasteiger partial charge in [0, 0.05) is 10.7 Å². The van der Waals surface area contributed by atoms with E-state index in [1.165, 1.54) is 0 Å². The SMILES string of the molecule is CC(C)(C)c1conn1. The topological polar surface area (TPSA) is 38.9 Å². The van der Waals surface area contributed by atoms with Crippen LogP contribution in [0.25, 0.3) is 0 Å². The van der Waals surface area contributed by atoms with Gasteiger partial charge in [-0.2, -0.15) is 0 Å². The van der Waals surface area contributed by atoms with Crippen LogP contribution in [0.1, 0.15) is 26.5 Å². The monoisotopic (exact) mass is 126 g/mol. The molecule has 0 aliphatic carbocycles. The highest BCUT2D eigenvalue weighted by atomic mass is 16.5. The predicted molar refractivity (Wildman–Crippen MR) is 33.0 cm³/mol. The molecule has 1 rings (SSSR count). The third-order valence-electron chi connectivity index (χ3n) is 1.13. The summed E-state index contributed by atoms with van der Waals surface area (Å²) in [5.41, 5.74) is 0.947. The van der Waals surface area contributed by atoms with Gasteiger partial charge in [-0.1, -0.05) is 20.8 Å². The molecule has 1 heterocycles. The van der Waals surface area contributed by atoms with Crippen LogP contribution in [0.3, 0.4) is 0 Å². The van der Waals surface area contributed by atoms with Gasteiger partial charge in [0.15, 0.2) is 0 Å². The lowest BCUT2D eigenvalue weighted by Crippen LogP contribution is -2.11. The van der Waals surface area contributed by atoms with Gasteiger partial charge in [0.1, 0.15) is 12.0 Å². The lowest BCUT2D eigenvalue weighted by atomic mass is 9.93. The van der Waals surface area contributed by atoms with Gasteiger partial charge in [-0.3, -0.25) is 0 Å². The van der Waals surface area contributed by atoms with Crippen LogP contribution < -0.4 is 0 Å². The van der Waals surface area contributed by atoms with E-state index in [0.717, 1.165) is 5.69 Å². The lowest BCUT2D eigenvalue weighted by Gasteiger charge is -2.11. The Morgan fingerprint density at radius 1 is 1.44 bits per heavy atom. The van der Waals surface area contributed by atoms with Crippen molar-refractivity contribution >= 4 is 0 Å². The van der Waals surface area contributed by atoms with Crippen molar-refractivity contribution in [1.29, 1.82) is 0 Å². The smallest absolute Gasteiger partial charge is 0.148 e. The van der Waals surface area contributed by atoms with Crippen LogP contribution >= 0.6 is 0 Å². The van der Waals surface area contributed by atoms with E-state index in [0.29, 0.717) is 0 Å². The number of aromatic nitrogens is 2. The van der Waals surface area contributed by atoms with Gasteiger partial charge in [-0.25, -0.2) is 0 Å². The molecule has 0 aromatic carbocycles. The number of hydrogen-bond donors (Lipinski definition) is 0. The van der Waals surface area contributed by atoms with E-state index < -0.39 is 0 Å². The van der Waals surface area contributed by atoms with Gasteiger partial charge in [0.05, 0.1) is 0 Å². The molecule has 1 aromatic heterocycles. The summed E-state index contributed by atoms with van der Waals surface area (Å²) in [5, 5.41) is 7.13. The van der Waals surface area contributed by atoms with Crippen LogP contribution in [0.5, 0.6) is 0 Å². The second kappa shape index (κ2) is 1.83. The molecule has 0 aliphatic rings. The molecule has 50 valence electrons. The van der Waals surface area contributed by atoms with Gasteiger partial charge in [0.2, 0.25) is 0 Å². The van der Waals surface area contributed by atoms with Crippen molar-refractivity contribution in [2.24, 2.45) is 0 Å². The fraction of sp³-hybridized carbons (Fsp3) is 0.667. The lowest BCUT2D eigenvalue weighted by molar-refractivity contribution is 0.392. The molecular weight excluding hydrogens is 116 g/mol. The van der Waals surface area contributed by atoms with E-state index in [-0.39, 0.29) is 5.41 Å². The minimum absolute atomic E-state index is 0.0556. The minimum Gasteiger partial charge on any atom is -0.345 e. The van der Waals surface area contributed by atoms with E-state index in [1.807, 2.05) is 0 Å². The van der Waals surface area contributed by atoms with Crippen molar-refractivity contribution in [3.8, 4) is 0 Å². The van der Waals surface area contributed by atoms with Crippen molar-refractivity contribution in [2.45, 2.75) is 26.2 Å². The van der Waals surface area contributed by atoms with Crippen molar-refractivity contribution < 1.29 is 4.52 Å². The van der Waals surface area contributed by atoms with Gasteiger partial charge in [-0.15, -0.1) is 5.10 Å². The highest BCUT2D eigenvalue weighted by molar-refractivity contribution is 5.03. The molecule has 9 heavy (non-hydrogen) atoms.